The number of nitrogens with zero attached hydrogens (tertiary/aromatic N) is 4. The number of benzene rings is 1. The van der Waals surface area contributed by atoms with Crippen LogP contribution in [0.3, 0.4) is 0 Å². The van der Waals surface area contributed by atoms with Crippen molar-refractivity contribution in [2.45, 2.75) is 12.5 Å². The topological polar surface area (TPSA) is 82.6 Å². The zero-order chi connectivity index (χ0) is 17.4. The summed E-state index contributed by atoms with van der Waals surface area (Å²) in [6, 6.07) is 9.18. The maximum Gasteiger partial charge on any atom is 0.292 e. The third-order valence-corrected chi connectivity index (χ3v) is 5.06. The first-order chi connectivity index (χ1) is 12.2. The molecule has 2 unspecified atom stereocenters. The maximum absolute atomic E-state index is 12.8. The van der Waals surface area contributed by atoms with Crippen LogP contribution in [0.5, 0.6) is 5.75 Å². The third-order valence-electron chi connectivity index (χ3n) is 5.06. The normalized spacial score (nSPS) is 21.9. The first kappa shape index (κ1) is 15.5. The number of ether oxygens (including phenoxy) is 1. The second-order valence-electron chi connectivity index (χ2n) is 6.42. The number of rotatable bonds is 3. The zero-order valence-electron chi connectivity index (χ0n) is 13.9. The number of amides is 1. The summed E-state index contributed by atoms with van der Waals surface area (Å²) in [5.41, 5.74) is 1.48. The monoisotopic (exact) mass is 338 g/mol. The van der Waals surface area contributed by atoms with Gasteiger partial charge in [0.1, 0.15) is 11.4 Å². The fraction of sp³-hybridized carbons (Fsp3) is 0.389. The minimum atomic E-state index is -0.153. The highest BCUT2D eigenvalue weighted by Crippen LogP contribution is 2.32. The number of carbonyl (C=O) groups is 1. The molecule has 2 aliphatic rings. The molecule has 1 aromatic carbocycles. The summed E-state index contributed by atoms with van der Waals surface area (Å²) >= 11 is 0. The minimum Gasteiger partial charge on any atom is -0.497 e. The van der Waals surface area contributed by atoms with Crippen molar-refractivity contribution < 1.29 is 14.1 Å². The number of fused-ring (bicyclic) bond motifs is 1. The Morgan fingerprint density at radius 3 is 2.88 bits per heavy atom. The van der Waals surface area contributed by atoms with Gasteiger partial charge in [-0.2, -0.15) is 5.26 Å². The van der Waals surface area contributed by atoms with E-state index in [4.69, 9.17) is 14.5 Å². The Kier molecular flexibility index (Phi) is 3.80. The minimum absolute atomic E-state index is 0.0849. The predicted octanol–water partition coefficient (Wildman–Crippen LogP) is 1.98. The lowest BCUT2D eigenvalue weighted by molar-refractivity contribution is 0.0689. The van der Waals surface area contributed by atoms with Crippen molar-refractivity contribution in [1.29, 1.82) is 5.26 Å². The maximum atomic E-state index is 12.8. The van der Waals surface area contributed by atoms with E-state index in [-0.39, 0.29) is 17.7 Å². The number of carbonyl (C=O) groups excluding carboxylic acids is 1. The first-order valence-electron chi connectivity index (χ1n) is 8.26. The van der Waals surface area contributed by atoms with E-state index < -0.39 is 0 Å². The molecule has 1 amide bonds. The van der Waals surface area contributed by atoms with Gasteiger partial charge in [-0.05, 0) is 30.7 Å². The van der Waals surface area contributed by atoms with Crippen LogP contribution < -0.4 is 4.74 Å². The smallest absolute Gasteiger partial charge is 0.292 e. The van der Waals surface area contributed by atoms with Gasteiger partial charge in [-0.1, -0.05) is 5.16 Å². The summed E-state index contributed by atoms with van der Waals surface area (Å²) in [4.78, 5) is 16.3. The molecule has 2 saturated heterocycles. The van der Waals surface area contributed by atoms with Gasteiger partial charge in [0.15, 0.2) is 6.19 Å². The van der Waals surface area contributed by atoms with Gasteiger partial charge in [-0.25, -0.2) is 0 Å². The van der Waals surface area contributed by atoms with Crippen molar-refractivity contribution in [2.75, 3.05) is 26.7 Å². The molecule has 3 heterocycles. The Labute approximate surface area is 145 Å². The number of hydrogen-bond acceptors (Lipinski definition) is 6. The number of nitriles is 1. The molecule has 0 saturated carbocycles. The number of hydrogen-bond donors (Lipinski definition) is 0. The van der Waals surface area contributed by atoms with E-state index in [9.17, 15) is 4.79 Å². The van der Waals surface area contributed by atoms with Crippen molar-refractivity contribution in [3.8, 4) is 23.2 Å². The van der Waals surface area contributed by atoms with Gasteiger partial charge in [-0.15, -0.1) is 0 Å². The fourth-order valence-corrected chi connectivity index (χ4v) is 3.71. The Morgan fingerprint density at radius 2 is 2.16 bits per heavy atom. The largest absolute Gasteiger partial charge is 0.497 e. The second kappa shape index (κ2) is 6.13. The van der Waals surface area contributed by atoms with Crippen molar-refractivity contribution in [1.82, 2.24) is 15.0 Å². The highest BCUT2D eigenvalue weighted by atomic mass is 16.5. The van der Waals surface area contributed by atoms with Crippen LogP contribution in [0.25, 0.3) is 11.3 Å². The van der Waals surface area contributed by atoms with E-state index >= 15 is 0 Å². The van der Waals surface area contributed by atoms with Crippen LogP contribution in [0.15, 0.2) is 34.9 Å². The average Bonchev–Trinajstić information content (AvgIpc) is 3.36. The summed E-state index contributed by atoms with van der Waals surface area (Å²) in [6.45, 7) is 2.04. The number of aromatic nitrogens is 1. The average molecular weight is 338 g/mol. The Bertz CT molecular complexity index is 824. The van der Waals surface area contributed by atoms with Crippen molar-refractivity contribution in [2.24, 2.45) is 5.92 Å². The second-order valence-corrected chi connectivity index (χ2v) is 6.42. The van der Waals surface area contributed by atoms with Gasteiger partial charge in [0.05, 0.1) is 13.2 Å². The van der Waals surface area contributed by atoms with Crippen LogP contribution in [0.1, 0.15) is 17.0 Å². The SMILES string of the molecule is COc1ccc(-c2cc(C(=O)N3CCC4CN(C#N)CC43)on2)cc1. The van der Waals surface area contributed by atoms with E-state index in [0.29, 0.717) is 24.7 Å². The van der Waals surface area contributed by atoms with Crippen LogP contribution in [0.2, 0.25) is 0 Å². The standard InChI is InChI=1S/C18H18N4O3/c1-24-14-4-2-12(3-5-14)15-8-17(25-20-15)18(23)22-7-6-13-9-21(11-19)10-16(13)22/h2-5,8,13,16H,6-7,9-10H2,1H3. The quantitative estimate of drug-likeness (QED) is 0.796. The molecule has 7 nitrogen and oxygen atoms in total. The lowest BCUT2D eigenvalue weighted by atomic mass is 10.1. The highest BCUT2D eigenvalue weighted by molar-refractivity contribution is 5.93. The van der Waals surface area contributed by atoms with Gasteiger partial charge < -0.3 is 19.1 Å². The van der Waals surface area contributed by atoms with Crippen LogP contribution in [0, 0.1) is 17.4 Å². The number of likely N-dealkylation sites (tertiary alicyclic amines) is 2. The van der Waals surface area contributed by atoms with Gasteiger partial charge in [0.25, 0.3) is 5.91 Å². The van der Waals surface area contributed by atoms with E-state index in [2.05, 4.69) is 11.3 Å². The number of methoxy groups -OCH3 is 1. The Hall–Kier alpha value is -3.01. The van der Waals surface area contributed by atoms with Crippen LogP contribution in [-0.4, -0.2) is 53.6 Å². The summed E-state index contributed by atoms with van der Waals surface area (Å²) in [5, 5.41) is 13.1. The zero-order valence-corrected chi connectivity index (χ0v) is 13.9. The first-order valence-corrected chi connectivity index (χ1v) is 8.26. The van der Waals surface area contributed by atoms with Crippen LogP contribution in [-0.2, 0) is 0 Å². The molecule has 2 fully saturated rings. The molecule has 0 N–H and O–H groups in total. The van der Waals surface area contributed by atoms with Gasteiger partial charge >= 0.3 is 0 Å². The lowest BCUT2D eigenvalue weighted by Crippen LogP contribution is -2.39. The van der Waals surface area contributed by atoms with Crippen molar-refractivity contribution in [3.05, 3.63) is 36.1 Å². The summed E-state index contributed by atoms with van der Waals surface area (Å²) < 4.78 is 10.4. The molecule has 2 aliphatic heterocycles. The molecule has 25 heavy (non-hydrogen) atoms. The molecule has 1 aromatic heterocycles. The van der Waals surface area contributed by atoms with E-state index in [1.165, 1.54) is 0 Å². The van der Waals surface area contributed by atoms with Crippen molar-refractivity contribution in [3.63, 3.8) is 0 Å². The van der Waals surface area contributed by atoms with Gasteiger partial charge in [0.2, 0.25) is 5.76 Å². The van der Waals surface area contributed by atoms with Gasteiger partial charge in [-0.3, -0.25) is 4.79 Å². The highest BCUT2D eigenvalue weighted by Gasteiger charge is 2.44. The van der Waals surface area contributed by atoms with Crippen LogP contribution in [0.4, 0.5) is 0 Å². The third kappa shape index (κ3) is 2.70. The Balaban J connectivity index is 1.52. The van der Waals surface area contributed by atoms with E-state index in [0.717, 1.165) is 24.3 Å². The molecule has 0 aliphatic carbocycles. The fourth-order valence-electron chi connectivity index (χ4n) is 3.71. The molecule has 0 spiro atoms. The van der Waals surface area contributed by atoms with E-state index in [1.54, 1.807) is 18.1 Å². The van der Waals surface area contributed by atoms with Crippen molar-refractivity contribution >= 4 is 5.91 Å². The van der Waals surface area contributed by atoms with Crippen LogP contribution >= 0.6 is 0 Å². The van der Waals surface area contributed by atoms with Gasteiger partial charge in [0, 0.05) is 37.2 Å². The Morgan fingerprint density at radius 1 is 1.36 bits per heavy atom. The molecular weight excluding hydrogens is 320 g/mol. The summed E-state index contributed by atoms with van der Waals surface area (Å²) in [6.07, 6.45) is 3.10. The molecule has 4 rings (SSSR count). The summed E-state index contributed by atoms with van der Waals surface area (Å²) in [5.74, 6) is 1.21. The molecule has 2 aromatic rings. The predicted molar refractivity (Wildman–Crippen MR) is 88.6 cm³/mol. The molecule has 2 atom stereocenters. The molecule has 0 radical (unpaired) electrons. The molecule has 0 bridgehead atoms. The molecule has 128 valence electrons. The lowest BCUT2D eigenvalue weighted by Gasteiger charge is -2.22. The summed E-state index contributed by atoms with van der Waals surface area (Å²) in [7, 11) is 1.61. The van der Waals surface area contributed by atoms with E-state index in [1.807, 2.05) is 29.2 Å². The molecular formula is C18H18N4O3. The molecule has 7 heteroatoms.